The third-order valence-electron chi connectivity index (χ3n) is 3.15. The van der Waals surface area contributed by atoms with Crippen molar-refractivity contribution in [2.24, 2.45) is 11.8 Å². The number of Topliss-reactive ketones (excluding diaryl/α,β-unsaturated/α-hetero) is 1. The van der Waals surface area contributed by atoms with E-state index < -0.39 is 23.6 Å². The van der Waals surface area contributed by atoms with E-state index in [0.717, 1.165) is 12.8 Å². The number of carbonyl (C=O) groups excluding carboxylic acids is 2. The highest BCUT2D eigenvalue weighted by molar-refractivity contribution is 6.06. The molecule has 0 aromatic rings. The third-order valence-corrected chi connectivity index (χ3v) is 3.15. The van der Waals surface area contributed by atoms with Gasteiger partial charge in [-0.1, -0.05) is 19.8 Å². The first kappa shape index (κ1) is 14.1. The van der Waals surface area contributed by atoms with Crippen LogP contribution in [-0.4, -0.2) is 24.3 Å². The Morgan fingerprint density at radius 2 is 2.00 bits per heavy atom. The molecule has 17 heavy (non-hydrogen) atoms. The first-order valence-electron chi connectivity index (χ1n) is 5.99. The minimum Gasteiger partial charge on any atom is -0.461 e. The molecular weight excluding hydrogens is 230 g/mol. The lowest BCUT2D eigenvalue weighted by atomic mass is 9.79. The Morgan fingerprint density at radius 1 is 1.35 bits per heavy atom. The van der Waals surface area contributed by atoms with Crippen LogP contribution in [-0.2, 0) is 14.3 Å². The van der Waals surface area contributed by atoms with Crippen LogP contribution in [0.3, 0.4) is 0 Å². The molecule has 1 fully saturated rings. The summed E-state index contributed by atoms with van der Waals surface area (Å²) in [6.45, 7) is 3.21. The van der Waals surface area contributed by atoms with Crippen LogP contribution in [0.15, 0.2) is 0 Å². The Kier molecular flexibility index (Phi) is 4.60. The minimum atomic E-state index is -3.99. The predicted octanol–water partition coefficient (Wildman–Crippen LogP) is 2.58. The van der Waals surface area contributed by atoms with Crippen molar-refractivity contribution >= 4 is 11.8 Å². The van der Waals surface area contributed by atoms with Crippen molar-refractivity contribution < 1.29 is 23.1 Å². The van der Waals surface area contributed by atoms with Crippen LogP contribution in [0.1, 0.15) is 39.5 Å². The van der Waals surface area contributed by atoms with Crippen LogP contribution >= 0.6 is 0 Å². The molecule has 5 heteroatoms. The second-order valence-corrected chi connectivity index (χ2v) is 4.63. The van der Waals surface area contributed by atoms with Crippen molar-refractivity contribution in [3.05, 3.63) is 0 Å². The summed E-state index contributed by atoms with van der Waals surface area (Å²) >= 11 is 0. The van der Waals surface area contributed by atoms with Crippen LogP contribution in [0.5, 0.6) is 0 Å². The van der Waals surface area contributed by atoms with Crippen LogP contribution in [0, 0.1) is 11.8 Å². The summed E-state index contributed by atoms with van der Waals surface area (Å²) in [7, 11) is 0. The molecule has 0 spiro atoms. The highest BCUT2D eigenvalue weighted by Gasteiger charge is 2.51. The van der Waals surface area contributed by atoms with Crippen molar-refractivity contribution in [1.29, 1.82) is 0 Å². The molecule has 2 atom stereocenters. The summed E-state index contributed by atoms with van der Waals surface area (Å²) in [5, 5.41) is 0. The molecule has 1 aliphatic rings. The zero-order valence-corrected chi connectivity index (χ0v) is 10.2. The fraction of sp³-hybridized carbons (Fsp3) is 0.833. The van der Waals surface area contributed by atoms with Crippen LogP contribution in [0.2, 0.25) is 0 Å². The third kappa shape index (κ3) is 3.23. The van der Waals surface area contributed by atoms with Crippen molar-refractivity contribution in [1.82, 2.24) is 0 Å². The number of rotatable bonds is 4. The number of ketones is 1. The fourth-order valence-corrected chi connectivity index (χ4v) is 2.25. The minimum absolute atomic E-state index is 0.150. The highest BCUT2D eigenvalue weighted by atomic mass is 19.3. The van der Waals surface area contributed by atoms with Gasteiger partial charge in [0.2, 0.25) is 5.78 Å². The molecule has 3 nitrogen and oxygen atoms in total. The van der Waals surface area contributed by atoms with E-state index in [0.29, 0.717) is 12.8 Å². The first-order valence-corrected chi connectivity index (χ1v) is 5.99. The summed E-state index contributed by atoms with van der Waals surface area (Å²) in [5.74, 6) is -7.43. The lowest BCUT2D eigenvalue weighted by molar-refractivity contribution is -0.178. The van der Waals surface area contributed by atoms with Gasteiger partial charge in [-0.3, -0.25) is 4.79 Å². The molecule has 98 valence electrons. The molecule has 1 aliphatic carbocycles. The summed E-state index contributed by atoms with van der Waals surface area (Å²) < 4.78 is 31.2. The normalized spacial score (nSPS) is 25.4. The van der Waals surface area contributed by atoms with Gasteiger partial charge in [-0.15, -0.1) is 0 Å². The number of esters is 1. The Morgan fingerprint density at radius 3 is 2.53 bits per heavy atom. The van der Waals surface area contributed by atoms with E-state index in [1.807, 2.05) is 6.92 Å². The zero-order valence-electron chi connectivity index (χ0n) is 10.2. The van der Waals surface area contributed by atoms with Crippen molar-refractivity contribution in [2.75, 3.05) is 6.61 Å². The molecular formula is C12H18F2O3. The van der Waals surface area contributed by atoms with E-state index in [1.54, 1.807) is 0 Å². The lowest BCUT2D eigenvalue weighted by Gasteiger charge is -2.27. The van der Waals surface area contributed by atoms with Gasteiger partial charge in [-0.05, 0) is 25.7 Å². The number of halogens is 2. The molecule has 0 N–H and O–H groups in total. The quantitative estimate of drug-likeness (QED) is 0.567. The Labute approximate surface area is 99.5 Å². The predicted molar refractivity (Wildman–Crippen MR) is 57.7 cm³/mol. The van der Waals surface area contributed by atoms with Gasteiger partial charge in [0.25, 0.3) is 0 Å². The van der Waals surface area contributed by atoms with E-state index in [-0.39, 0.29) is 12.5 Å². The monoisotopic (exact) mass is 248 g/mol. The Hall–Kier alpha value is -1.00. The highest BCUT2D eigenvalue weighted by Crippen LogP contribution is 2.33. The molecule has 0 bridgehead atoms. The number of ether oxygens (including phenoxy) is 1. The van der Waals surface area contributed by atoms with Gasteiger partial charge in [0.15, 0.2) is 0 Å². The molecule has 0 aromatic heterocycles. The van der Waals surface area contributed by atoms with Crippen molar-refractivity contribution in [3.63, 3.8) is 0 Å². The maximum atomic E-state index is 13.5. The van der Waals surface area contributed by atoms with E-state index in [9.17, 15) is 18.4 Å². The largest absolute Gasteiger partial charge is 0.461 e. The molecule has 0 aliphatic heterocycles. The van der Waals surface area contributed by atoms with Gasteiger partial charge in [0.05, 0.1) is 6.61 Å². The van der Waals surface area contributed by atoms with Crippen LogP contribution in [0.4, 0.5) is 8.78 Å². The Bertz CT molecular complexity index is 302. The number of carbonyl (C=O) groups is 2. The molecule has 0 heterocycles. The summed E-state index contributed by atoms with van der Waals surface area (Å²) in [6, 6.07) is 0. The molecule has 0 radical (unpaired) electrons. The van der Waals surface area contributed by atoms with Crippen molar-refractivity contribution in [3.8, 4) is 0 Å². The maximum absolute atomic E-state index is 13.5. The zero-order chi connectivity index (χ0) is 13.1. The summed E-state index contributed by atoms with van der Waals surface area (Å²) in [4.78, 5) is 22.7. The second-order valence-electron chi connectivity index (χ2n) is 4.63. The van der Waals surface area contributed by atoms with Crippen molar-refractivity contribution in [2.45, 2.75) is 45.5 Å². The van der Waals surface area contributed by atoms with Crippen LogP contribution < -0.4 is 0 Å². The standard InChI is InChI=1S/C12H18F2O3/c1-3-17-11(16)12(13,14)10(15)9-6-4-5-8(2)7-9/h8-9H,3-7H2,1-2H3. The maximum Gasteiger partial charge on any atom is 0.400 e. The first-order chi connectivity index (χ1) is 7.89. The smallest absolute Gasteiger partial charge is 0.400 e. The van der Waals surface area contributed by atoms with E-state index >= 15 is 0 Å². The Balaban J connectivity index is 2.70. The van der Waals surface area contributed by atoms with Crippen LogP contribution in [0.25, 0.3) is 0 Å². The van der Waals surface area contributed by atoms with Gasteiger partial charge < -0.3 is 4.74 Å². The molecule has 2 unspecified atom stereocenters. The van der Waals surface area contributed by atoms with Gasteiger partial charge >= 0.3 is 11.9 Å². The average molecular weight is 248 g/mol. The fourth-order valence-electron chi connectivity index (χ4n) is 2.25. The van der Waals surface area contributed by atoms with Gasteiger partial charge in [0, 0.05) is 5.92 Å². The van der Waals surface area contributed by atoms with E-state index in [2.05, 4.69) is 4.74 Å². The van der Waals surface area contributed by atoms with Gasteiger partial charge in [-0.25, -0.2) is 4.79 Å². The molecule has 1 rings (SSSR count). The van der Waals surface area contributed by atoms with E-state index in [4.69, 9.17) is 0 Å². The van der Waals surface area contributed by atoms with Gasteiger partial charge in [0.1, 0.15) is 0 Å². The SMILES string of the molecule is CCOC(=O)C(F)(F)C(=O)C1CCCC(C)C1. The molecule has 0 aromatic carbocycles. The molecule has 0 amide bonds. The molecule has 0 saturated heterocycles. The topological polar surface area (TPSA) is 43.4 Å². The summed E-state index contributed by atoms with van der Waals surface area (Å²) in [6.07, 6.45) is 2.59. The molecule has 1 saturated carbocycles. The summed E-state index contributed by atoms with van der Waals surface area (Å²) in [5.41, 5.74) is 0. The number of alkyl halides is 2. The second kappa shape index (κ2) is 5.56. The average Bonchev–Trinajstić information content (AvgIpc) is 2.28. The lowest BCUT2D eigenvalue weighted by Crippen LogP contribution is -2.44. The number of hydrogen-bond acceptors (Lipinski definition) is 3. The number of hydrogen-bond donors (Lipinski definition) is 0. The van der Waals surface area contributed by atoms with Gasteiger partial charge in [-0.2, -0.15) is 8.78 Å². The van der Waals surface area contributed by atoms with E-state index in [1.165, 1.54) is 6.92 Å².